The second kappa shape index (κ2) is 22.4. The third-order valence-electron chi connectivity index (χ3n) is 6.23. The number of nitrogens with zero attached hydrogens (tertiary/aromatic N) is 1. The Balaban J connectivity index is 3.52. The second-order valence-electron chi connectivity index (χ2n) is 11.3. The summed E-state index contributed by atoms with van der Waals surface area (Å²) in [6, 6.07) is 0. The smallest absolute Gasteiger partial charge is 0.472 e. The van der Waals surface area contributed by atoms with E-state index in [1.165, 1.54) is 89.9 Å². The summed E-state index contributed by atoms with van der Waals surface area (Å²) in [6.45, 7) is 5.04. The van der Waals surface area contributed by atoms with Crippen LogP contribution in [0.4, 0.5) is 0 Å². The maximum atomic E-state index is 12.3. The van der Waals surface area contributed by atoms with Crippen LogP contribution in [0.2, 0.25) is 0 Å². The van der Waals surface area contributed by atoms with Crippen molar-refractivity contribution in [1.82, 2.24) is 0 Å². The fourth-order valence-electron chi connectivity index (χ4n) is 3.95. The molecule has 0 aliphatic carbocycles. The largest absolute Gasteiger partial charge is 0.616 e. The van der Waals surface area contributed by atoms with Crippen LogP contribution < -0.4 is 0 Å². The third-order valence-corrected chi connectivity index (χ3v) is 8.90. The number of phosphoric ester groups is 1. The van der Waals surface area contributed by atoms with Crippen LogP contribution >= 0.6 is 7.82 Å². The Labute approximate surface area is 221 Å². The summed E-state index contributed by atoms with van der Waals surface area (Å²) in [5.74, 6) is 1.16. The highest BCUT2D eigenvalue weighted by Crippen LogP contribution is 2.43. The molecule has 3 unspecified atom stereocenters. The van der Waals surface area contributed by atoms with Gasteiger partial charge in [0.25, 0.3) is 0 Å². The highest BCUT2D eigenvalue weighted by molar-refractivity contribution is 7.91. The molecule has 0 fully saturated rings. The van der Waals surface area contributed by atoms with Crippen molar-refractivity contribution in [2.24, 2.45) is 5.92 Å². The van der Waals surface area contributed by atoms with E-state index in [9.17, 15) is 14.0 Å². The minimum absolute atomic E-state index is 0.0423. The van der Waals surface area contributed by atoms with Crippen molar-refractivity contribution in [3.05, 3.63) is 0 Å². The molecule has 0 aliphatic heterocycles. The van der Waals surface area contributed by atoms with Crippen molar-refractivity contribution in [2.75, 3.05) is 52.4 Å². The standard InChI is InChI=1S/C27H58NO5PS/c1-6-7-8-9-10-11-12-13-14-15-16-17-18-19-20-21-24-35(31)26-27(2)25-33-34(29,30)32-23-22-28(3,4)5/h27H,6-26H2,1-5H3/p+1. The van der Waals surface area contributed by atoms with Gasteiger partial charge in [0, 0.05) is 5.92 Å². The van der Waals surface area contributed by atoms with Crippen LogP contribution in [-0.2, 0) is 24.8 Å². The minimum atomic E-state index is -4.04. The highest BCUT2D eigenvalue weighted by Gasteiger charge is 2.24. The van der Waals surface area contributed by atoms with Crippen molar-refractivity contribution < 1.29 is 27.5 Å². The average molecular weight is 541 g/mol. The molecule has 0 saturated heterocycles. The Kier molecular flexibility index (Phi) is 22.6. The van der Waals surface area contributed by atoms with Gasteiger partial charge in [-0.1, -0.05) is 115 Å². The normalized spacial score (nSPS) is 15.7. The van der Waals surface area contributed by atoms with Crippen LogP contribution in [0.3, 0.4) is 0 Å². The van der Waals surface area contributed by atoms with Gasteiger partial charge in [-0.05, 0) is 12.8 Å². The molecule has 212 valence electrons. The Bertz CT molecular complexity index is 518. The molecule has 0 spiro atoms. The van der Waals surface area contributed by atoms with E-state index in [4.69, 9.17) is 9.05 Å². The summed E-state index contributed by atoms with van der Waals surface area (Å²) >= 11 is -0.908. The summed E-state index contributed by atoms with van der Waals surface area (Å²) in [4.78, 5) is 9.78. The van der Waals surface area contributed by atoms with Crippen molar-refractivity contribution in [3.63, 3.8) is 0 Å². The van der Waals surface area contributed by atoms with E-state index >= 15 is 0 Å². The molecule has 3 atom stereocenters. The molecular formula is C27H59NO5PS+. The first-order valence-electron chi connectivity index (χ1n) is 14.3. The lowest BCUT2D eigenvalue weighted by molar-refractivity contribution is -0.870. The van der Waals surface area contributed by atoms with Crippen LogP contribution in [-0.4, -0.2) is 66.3 Å². The minimum Gasteiger partial charge on any atom is -0.616 e. The number of hydrogen-bond donors (Lipinski definition) is 1. The number of phosphoric acid groups is 1. The summed E-state index contributed by atoms with van der Waals surface area (Å²) in [5, 5.41) is 0. The first kappa shape index (κ1) is 35.4. The fraction of sp³-hybridized carbons (Fsp3) is 1.00. The lowest BCUT2D eigenvalue weighted by Crippen LogP contribution is -2.37. The second-order valence-corrected chi connectivity index (χ2v) is 14.4. The van der Waals surface area contributed by atoms with E-state index in [0.29, 0.717) is 22.5 Å². The number of quaternary nitrogens is 1. The Hall–Kier alpha value is 0.380. The summed E-state index contributed by atoms with van der Waals surface area (Å²) in [5.41, 5.74) is 0. The molecule has 0 bridgehead atoms. The van der Waals surface area contributed by atoms with Crippen molar-refractivity contribution in [1.29, 1.82) is 0 Å². The van der Waals surface area contributed by atoms with Gasteiger partial charge in [0.1, 0.15) is 24.7 Å². The van der Waals surface area contributed by atoms with Gasteiger partial charge in [0.2, 0.25) is 0 Å². The number of likely N-dealkylation sites (N-methyl/N-ethyl adjacent to an activating group) is 1. The molecule has 0 aromatic rings. The van der Waals surface area contributed by atoms with Gasteiger partial charge in [-0.25, -0.2) is 4.57 Å². The van der Waals surface area contributed by atoms with Gasteiger partial charge in [0.15, 0.2) is 0 Å². The van der Waals surface area contributed by atoms with Crippen molar-refractivity contribution in [2.45, 2.75) is 117 Å². The monoisotopic (exact) mass is 540 g/mol. The van der Waals surface area contributed by atoms with Crippen LogP contribution in [0.15, 0.2) is 0 Å². The molecule has 0 saturated carbocycles. The van der Waals surface area contributed by atoms with Gasteiger partial charge in [-0.2, -0.15) is 0 Å². The summed E-state index contributed by atoms with van der Waals surface area (Å²) in [7, 11) is 1.93. The molecule has 1 N–H and O–H groups in total. The quantitative estimate of drug-likeness (QED) is 0.0533. The van der Waals surface area contributed by atoms with E-state index in [0.717, 1.165) is 12.8 Å². The molecule has 0 heterocycles. The van der Waals surface area contributed by atoms with Crippen molar-refractivity contribution >= 4 is 19.0 Å². The molecule has 0 aromatic heterocycles. The lowest BCUT2D eigenvalue weighted by Gasteiger charge is -2.24. The maximum absolute atomic E-state index is 12.3. The van der Waals surface area contributed by atoms with Crippen LogP contribution in [0.25, 0.3) is 0 Å². The Morgan fingerprint density at radius 2 is 1.23 bits per heavy atom. The van der Waals surface area contributed by atoms with Crippen LogP contribution in [0, 0.1) is 5.92 Å². The molecule has 0 rings (SSSR count). The molecular weight excluding hydrogens is 481 g/mol. The van der Waals surface area contributed by atoms with Crippen molar-refractivity contribution in [3.8, 4) is 0 Å². The molecule has 0 radical (unpaired) electrons. The van der Waals surface area contributed by atoms with Crippen LogP contribution in [0.5, 0.6) is 0 Å². The average Bonchev–Trinajstić information content (AvgIpc) is 2.76. The lowest BCUT2D eigenvalue weighted by atomic mass is 10.0. The van der Waals surface area contributed by atoms with Crippen LogP contribution in [0.1, 0.15) is 117 Å². The van der Waals surface area contributed by atoms with Gasteiger partial charge >= 0.3 is 7.82 Å². The third kappa shape index (κ3) is 27.2. The maximum Gasteiger partial charge on any atom is 0.472 e. The highest BCUT2D eigenvalue weighted by atomic mass is 32.2. The van der Waals surface area contributed by atoms with E-state index < -0.39 is 19.0 Å². The molecule has 35 heavy (non-hydrogen) atoms. The van der Waals surface area contributed by atoms with Gasteiger partial charge in [-0.15, -0.1) is 0 Å². The molecule has 0 amide bonds. The predicted molar refractivity (Wildman–Crippen MR) is 151 cm³/mol. The SMILES string of the molecule is CCCCCCCCCCCCCCCCCC[S+]([O-])CC(C)COP(=O)(O)OCC[N+](C)(C)C. The van der Waals surface area contributed by atoms with E-state index in [-0.39, 0.29) is 19.1 Å². The molecule has 8 heteroatoms. The summed E-state index contributed by atoms with van der Waals surface area (Å²) in [6.07, 6.45) is 21.3. The molecule has 0 aliphatic rings. The van der Waals surface area contributed by atoms with E-state index in [2.05, 4.69) is 6.92 Å². The van der Waals surface area contributed by atoms with E-state index in [1.807, 2.05) is 28.1 Å². The zero-order valence-electron chi connectivity index (χ0n) is 23.8. The summed E-state index contributed by atoms with van der Waals surface area (Å²) < 4.78 is 35.0. The van der Waals surface area contributed by atoms with Gasteiger partial charge in [0.05, 0.1) is 27.7 Å². The zero-order chi connectivity index (χ0) is 26.4. The number of hydrogen-bond acceptors (Lipinski definition) is 4. The topological polar surface area (TPSA) is 78.8 Å². The zero-order valence-corrected chi connectivity index (χ0v) is 25.5. The number of rotatable bonds is 26. The molecule has 0 aromatic carbocycles. The van der Waals surface area contributed by atoms with E-state index in [1.54, 1.807) is 0 Å². The fourth-order valence-corrected chi connectivity index (χ4v) is 6.20. The molecule has 6 nitrogen and oxygen atoms in total. The van der Waals surface area contributed by atoms with Gasteiger partial charge in [-0.3, -0.25) is 9.05 Å². The first-order chi connectivity index (χ1) is 16.6. The first-order valence-corrected chi connectivity index (χ1v) is 17.3. The predicted octanol–water partition coefficient (Wildman–Crippen LogP) is 7.47. The van der Waals surface area contributed by atoms with Gasteiger partial charge < -0.3 is 13.9 Å². The number of unbranched alkanes of at least 4 members (excludes halogenated alkanes) is 15. The Morgan fingerprint density at radius 1 is 0.800 bits per heavy atom. The Morgan fingerprint density at radius 3 is 1.66 bits per heavy atom.